The number of aliphatic carboxylic acids is 1. The van der Waals surface area contributed by atoms with Crippen LogP contribution >= 0.6 is 0 Å². The van der Waals surface area contributed by atoms with Gasteiger partial charge in [0.15, 0.2) is 5.82 Å². The van der Waals surface area contributed by atoms with Crippen molar-refractivity contribution in [1.29, 1.82) is 0 Å². The van der Waals surface area contributed by atoms with Crippen molar-refractivity contribution in [3.8, 4) is 0 Å². The minimum atomic E-state index is -1.02. The maximum absolute atomic E-state index is 12.8. The molecule has 2 aromatic heterocycles. The van der Waals surface area contributed by atoms with Gasteiger partial charge in [-0.05, 0) is 31.0 Å². The van der Waals surface area contributed by atoms with Gasteiger partial charge in [-0.15, -0.1) is 0 Å². The topological polar surface area (TPSA) is 119 Å². The molecule has 3 aromatic rings. The van der Waals surface area contributed by atoms with E-state index in [9.17, 15) is 14.4 Å². The number of carbonyl (C=O) groups excluding carboxylic acids is 1. The van der Waals surface area contributed by atoms with E-state index in [1.54, 1.807) is 22.8 Å². The Kier molecular flexibility index (Phi) is 4.64. The predicted molar refractivity (Wildman–Crippen MR) is 101 cm³/mol. The largest absolute Gasteiger partial charge is 0.480 e. The van der Waals surface area contributed by atoms with Gasteiger partial charge in [0, 0.05) is 30.8 Å². The van der Waals surface area contributed by atoms with Gasteiger partial charge >= 0.3 is 5.97 Å². The highest BCUT2D eigenvalue weighted by Gasteiger charge is 2.16. The molecule has 28 heavy (non-hydrogen) atoms. The smallest absolute Gasteiger partial charge is 0.325 e. The van der Waals surface area contributed by atoms with Gasteiger partial charge in [0.05, 0.1) is 10.9 Å². The molecule has 1 amide bonds. The predicted octanol–water partition coefficient (Wildman–Crippen LogP) is 1.66. The number of aryl methyl sites for hydroxylation is 1. The monoisotopic (exact) mass is 381 g/mol. The zero-order chi connectivity index (χ0) is 19.7. The molecule has 0 saturated carbocycles. The number of rotatable bonds is 4. The summed E-state index contributed by atoms with van der Waals surface area (Å²) in [6, 6.07) is 6.33. The van der Waals surface area contributed by atoms with Crippen LogP contribution in [0.3, 0.4) is 0 Å². The second-order valence-corrected chi connectivity index (χ2v) is 6.77. The molecule has 9 heteroatoms. The van der Waals surface area contributed by atoms with Gasteiger partial charge in [-0.3, -0.25) is 23.6 Å². The summed E-state index contributed by atoms with van der Waals surface area (Å²) < 4.78 is 2.96. The first-order chi connectivity index (χ1) is 13.5. The van der Waals surface area contributed by atoms with E-state index in [1.165, 1.54) is 16.9 Å². The number of nitrogens with one attached hydrogen (secondary N) is 1. The zero-order valence-corrected chi connectivity index (χ0v) is 15.1. The van der Waals surface area contributed by atoms with Gasteiger partial charge in [-0.2, -0.15) is 5.10 Å². The molecule has 3 heterocycles. The first-order valence-electron chi connectivity index (χ1n) is 9.11. The average Bonchev–Trinajstić information content (AvgIpc) is 2.94. The maximum Gasteiger partial charge on any atom is 0.325 e. The molecule has 0 saturated heterocycles. The summed E-state index contributed by atoms with van der Waals surface area (Å²) in [5, 5.41) is 15.9. The van der Waals surface area contributed by atoms with E-state index < -0.39 is 11.9 Å². The average molecular weight is 381 g/mol. The SMILES string of the molecule is O=C(O)Cn1ccc(NC(=O)c2ccc3c(=O)n4c(nc3c2)CCCCC4)n1. The van der Waals surface area contributed by atoms with Crippen LogP contribution in [0, 0.1) is 0 Å². The normalized spacial score (nSPS) is 13.7. The Labute approximate surface area is 159 Å². The third-order valence-electron chi connectivity index (χ3n) is 4.76. The number of hydrogen-bond donors (Lipinski definition) is 2. The summed E-state index contributed by atoms with van der Waals surface area (Å²) in [4.78, 5) is 40.6. The zero-order valence-electron chi connectivity index (χ0n) is 15.1. The lowest BCUT2D eigenvalue weighted by atomic mass is 10.1. The number of fused-ring (bicyclic) bond motifs is 2. The van der Waals surface area contributed by atoms with Crippen molar-refractivity contribution in [2.24, 2.45) is 0 Å². The highest BCUT2D eigenvalue weighted by Crippen LogP contribution is 2.17. The quantitative estimate of drug-likeness (QED) is 0.709. The molecule has 1 aliphatic rings. The number of carboxylic acids is 1. The lowest BCUT2D eigenvalue weighted by Gasteiger charge is -2.10. The molecule has 1 aromatic carbocycles. The highest BCUT2D eigenvalue weighted by molar-refractivity contribution is 6.05. The van der Waals surface area contributed by atoms with Gasteiger partial charge in [0.1, 0.15) is 12.4 Å². The van der Waals surface area contributed by atoms with E-state index in [1.807, 2.05) is 0 Å². The Morgan fingerprint density at radius 3 is 2.86 bits per heavy atom. The van der Waals surface area contributed by atoms with Crippen molar-refractivity contribution in [2.45, 2.75) is 38.8 Å². The van der Waals surface area contributed by atoms with Crippen molar-refractivity contribution in [3.63, 3.8) is 0 Å². The Hall–Kier alpha value is -3.49. The van der Waals surface area contributed by atoms with E-state index in [0.717, 1.165) is 31.5 Å². The number of carboxylic acid groups (broad SMARTS) is 1. The standard InChI is InChI=1S/C19H19N5O4/c25-17(26)11-23-9-7-15(22-23)21-18(27)12-5-6-13-14(10-12)20-16-4-2-1-3-8-24(16)19(13)28/h5-7,9-10H,1-4,8,11H2,(H,25,26)(H,21,22,27). The molecule has 1 aliphatic heterocycles. The minimum absolute atomic E-state index is 0.0683. The third-order valence-corrected chi connectivity index (χ3v) is 4.76. The van der Waals surface area contributed by atoms with E-state index in [0.29, 0.717) is 23.0 Å². The molecular formula is C19H19N5O4. The van der Waals surface area contributed by atoms with Crippen LogP contribution in [0.2, 0.25) is 0 Å². The summed E-state index contributed by atoms with van der Waals surface area (Å²) in [6.07, 6.45) is 5.26. The molecule has 0 unspecified atom stereocenters. The van der Waals surface area contributed by atoms with Crippen LogP contribution < -0.4 is 10.9 Å². The fourth-order valence-corrected chi connectivity index (χ4v) is 3.40. The molecule has 0 fully saturated rings. The Balaban J connectivity index is 1.62. The summed E-state index contributed by atoms with van der Waals surface area (Å²) in [6.45, 7) is 0.392. The van der Waals surface area contributed by atoms with E-state index in [4.69, 9.17) is 5.11 Å². The second kappa shape index (κ2) is 7.26. The molecule has 4 rings (SSSR count). The van der Waals surface area contributed by atoms with Gasteiger partial charge in [0.2, 0.25) is 0 Å². The number of amides is 1. The van der Waals surface area contributed by atoms with Crippen LogP contribution in [0.1, 0.15) is 35.4 Å². The second-order valence-electron chi connectivity index (χ2n) is 6.77. The lowest BCUT2D eigenvalue weighted by Crippen LogP contribution is -2.24. The summed E-state index contributed by atoms with van der Waals surface area (Å²) >= 11 is 0. The van der Waals surface area contributed by atoms with Crippen LogP contribution in [-0.2, 0) is 24.3 Å². The van der Waals surface area contributed by atoms with Crippen molar-refractivity contribution in [1.82, 2.24) is 19.3 Å². The number of aromatic nitrogens is 4. The van der Waals surface area contributed by atoms with E-state index in [-0.39, 0.29) is 17.9 Å². The minimum Gasteiger partial charge on any atom is -0.480 e. The van der Waals surface area contributed by atoms with Crippen LogP contribution in [0.15, 0.2) is 35.3 Å². The number of carbonyl (C=O) groups is 2. The number of hydrogen-bond acceptors (Lipinski definition) is 5. The first-order valence-corrected chi connectivity index (χ1v) is 9.11. The maximum atomic E-state index is 12.8. The number of anilines is 1. The highest BCUT2D eigenvalue weighted by atomic mass is 16.4. The van der Waals surface area contributed by atoms with Crippen LogP contribution in [0.4, 0.5) is 5.82 Å². The van der Waals surface area contributed by atoms with Crippen LogP contribution in [0.5, 0.6) is 0 Å². The number of benzene rings is 1. The molecule has 0 atom stereocenters. The molecule has 0 radical (unpaired) electrons. The van der Waals surface area contributed by atoms with Gasteiger partial charge in [-0.1, -0.05) is 6.42 Å². The fourth-order valence-electron chi connectivity index (χ4n) is 3.40. The fraction of sp³-hybridized carbons (Fsp3) is 0.316. The molecule has 0 spiro atoms. The molecule has 9 nitrogen and oxygen atoms in total. The molecule has 2 N–H and O–H groups in total. The summed E-state index contributed by atoms with van der Waals surface area (Å²) in [7, 11) is 0. The number of nitrogens with zero attached hydrogens (tertiary/aromatic N) is 4. The van der Waals surface area contributed by atoms with Gasteiger partial charge in [0.25, 0.3) is 11.5 Å². The summed E-state index contributed by atoms with van der Waals surface area (Å²) in [5.74, 6) is -0.410. The van der Waals surface area contributed by atoms with E-state index >= 15 is 0 Å². The molecule has 144 valence electrons. The molecule has 0 aliphatic carbocycles. The summed E-state index contributed by atoms with van der Waals surface area (Å²) in [5.41, 5.74) is 0.786. The van der Waals surface area contributed by atoms with Gasteiger partial charge in [-0.25, -0.2) is 4.98 Å². The Morgan fingerprint density at radius 1 is 1.18 bits per heavy atom. The van der Waals surface area contributed by atoms with Crippen molar-refractivity contribution in [2.75, 3.05) is 5.32 Å². The van der Waals surface area contributed by atoms with Crippen molar-refractivity contribution >= 4 is 28.6 Å². The lowest BCUT2D eigenvalue weighted by molar-refractivity contribution is -0.137. The third kappa shape index (κ3) is 3.51. The molecular weight excluding hydrogens is 362 g/mol. The van der Waals surface area contributed by atoms with Crippen LogP contribution in [-0.4, -0.2) is 36.3 Å². The van der Waals surface area contributed by atoms with Crippen molar-refractivity contribution in [3.05, 3.63) is 52.2 Å². The first kappa shape index (κ1) is 17.9. The van der Waals surface area contributed by atoms with Crippen molar-refractivity contribution < 1.29 is 14.7 Å². The Morgan fingerprint density at radius 2 is 2.04 bits per heavy atom. The Bertz CT molecular complexity index is 1130. The van der Waals surface area contributed by atoms with E-state index in [2.05, 4.69) is 15.4 Å². The molecule has 0 bridgehead atoms. The van der Waals surface area contributed by atoms with Gasteiger partial charge < -0.3 is 10.4 Å². The van der Waals surface area contributed by atoms with Crippen LogP contribution in [0.25, 0.3) is 10.9 Å².